The molecule has 0 heterocycles. The Bertz CT molecular complexity index is 740. The molecule has 3 nitrogen and oxygen atoms in total. The Labute approximate surface area is 163 Å². The molecule has 2 aromatic carbocycles. The lowest BCUT2D eigenvalue weighted by atomic mass is 9.71. The van der Waals surface area contributed by atoms with Gasteiger partial charge in [-0.15, -0.1) is 0 Å². The zero-order valence-electron chi connectivity index (χ0n) is 16.7. The van der Waals surface area contributed by atoms with Crippen LogP contribution in [-0.2, 0) is 6.61 Å². The number of hydrogen-bond acceptors (Lipinski definition) is 2. The molecule has 3 heteroatoms. The third-order valence-electron chi connectivity index (χ3n) is 5.63. The first-order valence-corrected chi connectivity index (χ1v) is 9.99. The van der Waals surface area contributed by atoms with Crippen LogP contribution in [0.25, 0.3) is 0 Å². The van der Waals surface area contributed by atoms with E-state index in [1.165, 1.54) is 12.8 Å². The van der Waals surface area contributed by atoms with Crippen molar-refractivity contribution in [3.8, 4) is 5.75 Å². The van der Waals surface area contributed by atoms with E-state index in [9.17, 15) is 4.79 Å². The maximum Gasteiger partial charge on any atom is 0.251 e. The van der Waals surface area contributed by atoms with Crippen LogP contribution in [0, 0.1) is 11.3 Å². The van der Waals surface area contributed by atoms with Crippen LogP contribution in [0.1, 0.15) is 62.4 Å². The summed E-state index contributed by atoms with van der Waals surface area (Å²) in [4.78, 5) is 12.7. The molecular formula is C24H31NO2. The number of ether oxygens (including phenoxy) is 1. The first-order valence-electron chi connectivity index (χ1n) is 9.99. The van der Waals surface area contributed by atoms with Gasteiger partial charge < -0.3 is 10.1 Å². The maximum absolute atomic E-state index is 12.7. The molecule has 0 atom stereocenters. The Morgan fingerprint density at radius 2 is 1.70 bits per heavy atom. The lowest BCUT2D eigenvalue weighted by Crippen LogP contribution is -2.39. The second kappa shape index (κ2) is 8.60. The second-order valence-corrected chi connectivity index (χ2v) is 8.69. The van der Waals surface area contributed by atoms with Crippen LogP contribution in [0.3, 0.4) is 0 Å². The highest BCUT2D eigenvalue weighted by Gasteiger charge is 2.30. The van der Waals surface area contributed by atoms with E-state index in [4.69, 9.17) is 4.74 Å². The van der Waals surface area contributed by atoms with Crippen LogP contribution in [0.4, 0.5) is 0 Å². The molecule has 0 bridgehead atoms. The van der Waals surface area contributed by atoms with Gasteiger partial charge in [0, 0.05) is 11.6 Å². The summed E-state index contributed by atoms with van der Waals surface area (Å²) < 4.78 is 5.84. The van der Waals surface area contributed by atoms with Crippen molar-refractivity contribution >= 4 is 5.91 Å². The van der Waals surface area contributed by atoms with Crippen LogP contribution < -0.4 is 10.1 Å². The van der Waals surface area contributed by atoms with Crippen molar-refractivity contribution in [1.29, 1.82) is 0 Å². The van der Waals surface area contributed by atoms with Gasteiger partial charge in [-0.05, 0) is 60.8 Å². The van der Waals surface area contributed by atoms with E-state index >= 15 is 0 Å². The molecule has 0 aromatic heterocycles. The summed E-state index contributed by atoms with van der Waals surface area (Å²) in [6.45, 7) is 7.45. The number of carbonyl (C=O) groups excluding carboxylic acids is 1. The Morgan fingerprint density at radius 1 is 1.00 bits per heavy atom. The van der Waals surface area contributed by atoms with Gasteiger partial charge in [0.05, 0.1) is 0 Å². The van der Waals surface area contributed by atoms with Gasteiger partial charge >= 0.3 is 0 Å². The van der Waals surface area contributed by atoms with E-state index in [1.807, 2.05) is 54.6 Å². The quantitative estimate of drug-likeness (QED) is 0.749. The average molecular weight is 366 g/mol. The summed E-state index contributed by atoms with van der Waals surface area (Å²) in [5.41, 5.74) is 2.14. The van der Waals surface area contributed by atoms with Gasteiger partial charge in [0.2, 0.25) is 0 Å². The van der Waals surface area contributed by atoms with Gasteiger partial charge in [0.15, 0.2) is 0 Å². The van der Waals surface area contributed by atoms with E-state index in [2.05, 4.69) is 26.1 Å². The fourth-order valence-electron chi connectivity index (χ4n) is 3.84. The van der Waals surface area contributed by atoms with Crippen LogP contribution in [0.15, 0.2) is 54.6 Å². The molecule has 1 amide bonds. The second-order valence-electron chi connectivity index (χ2n) is 8.69. The van der Waals surface area contributed by atoms with E-state index in [0.29, 0.717) is 17.6 Å². The number of amides is 1. The van der Waals surface area contributed by atoms with Gasteiger partial charge in [-0.25, -0.2) is 0 Å². The minimum absolute atomic E-state index is 0.000584. The van der Waals surface area contributed by atoms with Crippen LogP contribution in [0.5, 0.6) is 5.75 Å². The van der Waals surface area contributed by atoms with Gasteiger partial charge in [0.1, 0.15) is 12.4 Å². The van der Waals surface area contributed by atoms with Crippen molar-refractivity contribution in [2.45, 2.75) is 59.1 Å². The zero-order valence-corrected chi connectivity index (χ0v) is 16.7. The topological polar surface area (TPSA) is 38.3 Å². The molecule has 1 saturated carbocycles. The molecule has 2 aromatic rings. The molecule has 0 aliphatic heterocycles. The molecule has 1 aliphatic carbocycles. The highest BCUT2D eigenvalue weighted by atomic mass is 16.5. The average Bonchev–Trinajstić information content (AvgIpc) is 2.67. The molecule has 144 valence electrons. The van der Waals surface area contributed by atoms with Crippen LogP contribution >= 0.6 is 0 Å². The third kappa shape index (κ3) is 5.59. The SMILES string of the molecule is CC(C)(C)C1CCC(NC(=O)c2cccc(OCc3ccccc3)c2)CC1. The zero-order chi connectivity index (χ0) is 19.3. The lowest BCUT2D eigenvalue weighted by Gasteiger charge is -2.37. The first kappa shape index (κ1) is 19.5. The third-order valence-corrected chi connectivity index (χ3v) is 5.63. The number of benzene rings is 2. The summed E-state index contributed by atoms with van der Waals surface area (Å²) in [6.07, 6.45) is 4.51. The number of carbonyl (C=O) groups is 1. The fourth-order valence-corrected chi connectivity index (χ4v) is 3.84. The maximum atomic E-state index is 12.7. The van der Waals surface area contributed by atoms with Crippen molar-refractivity contribution in [1.82, 2.24) is 5.32 Å². The first-order chi connectivity index (χ1) is 12.9. The molecule has 3 rings (SSSR count). The van der Waals surface area contributed by atoms with Crippen molar-refractivity contribution < 1.29 is 9.53 Å². The van der Waals surface area contributed by atoms with Gasteiger partial charge in [-0.3, -0.25) is 4.79 Å². The van der Waals surface area contributed by atoms with Crippen molar-refractivity contribution in [2.75, 3.05) is 0 Å². The Hall–Kier alpha value is -2.29. The van der Waals surface area contributed by atoms with Gasteiger partial charge in [-0.1, -0.05) is 57.2 Å². The van der Waals surface area contributed by atoms with E-state index in [0.717, 1.165) is 30.1 Å². The number of hydrogen-bond donors (Lipinski definition) is 1. The predicted molar refractivity (Wildman–Crippen MR) is 110 cm³/mol. The van der Waals surface area contributed by atoms with Gasteiger partial charge in [0.25, 0.3) is 5.91 Å². The molecule has 0 radical (unpaired) electrons. The molecule has 0 saturated heterocycles. The molecule has 1 aliphatic rings. The van der Waals surface area contributed by atoms with Gasteiger partial charge in [-0.2, -0.15) is 0 Å². The molecule has 0 unspecified atom stereocenters. The molecule has 1 fully saturated rings. The van der Waals surface area contributed by atoms with Crippen LogP contribution in [-0.4, -0.2) is 11.9 Å². The van der Waals surface area contributed by atoms with Crippen molar-refractivity contribution in [2.24, 2.45) is 11.3 Å². The standard InChI is InChI=1S/C24H31NO2/c1-24(2,3)20-12-14-21(15-13-20)25-23(26)19-10-7-11-22(16-19)27-17-18-8-5-4-6-9-18/h4-11,16,20-21H,12-15,17H2,1-3H3,(H,25,26). The van der Waals surface area contributed by atoms with E-state index < -0.39 is 0 Å². The normalized spacial score (nSPS) is 20.1. The van der Waals surface area contributed by atoms with Crippen LogP contribution in [0.2, 0.25) is 0 Å². The molecule has 1 N–H and O–H groups in total. The number of rotatable bonds is 5. The molecule has 0 spiro atoms. The minimum atomic E-state index is -0.000584. The Morgan fingerprint density at radius 3 is 2.37 bits per heavy atom. The Balaban J connectivity index is 1.53. The number of nitrogens with one attached hydrogen (secondary N) is 1. The monoisotopic (exact) mass is 365 g/mol. The summed E-state index contributed by atoms with van der Waals surface area (Å²) in [5, 5.41) is 3.21. The summed E-state index contributed by atoms with van der Waals surface area (Å²) in [5.74, 6) is 1.47. The highest BCUT2D eigenvalue weighted by Crippen LogP contribution is 2.37. The van der Waals surface area contributed by atoms with Crippen molar-refractivity contribution in [3.05, 3.63) is 65.7 Å². The summed E-state index contributed by atoms with van der Waals surface area (Å²) in [7, 11) is 0. The van der Waals surface area contributed by atoms with E-state index in [1.54, 1.807) is 0 Å². The summed E-state index contributed by atoms with van der Waals surface area (Å²) >= 11 is 0. The lowest BCUT2D eigenvalue weighted by molar-refractivity contribution is 0.0903. The van der Waals surface area contributed by atoms with E-state index in [-0.39, 0.29) is 11.9 Å². The highest BCUT2D eigenvalue weighted by molar-refractivity contribution is 5.94. The molecular weight excluding hydrogens is 334 g/mol. The fraction of sp³-hybridized carbons (Fsp3) is 0.458. The van der Waals surface area contributed by atoms with Crippen molar-refractivity contribution in [3.63, 3.8) is 0 Å². The Kier molecular flexibility index (Phi) is 6.20. The minimum Gasteiger partial charge on any atom is -0.489 e. The largest absolute Gasteiger partial charge is 0.489 e. The molecule has 27 heavy (non-hydrogen) atoms. The predicted octanol–water partition coefficient (Wildman–Crippen LogP) is 5.60. The summed E-state index contributed by atoms with van der Waals surface area (Å²) in [6, 6.07) is 17.8. The smallest absolute Gasteiger partial charge is 0.251 e.